The molecule has 1 aromatic carbocycles. The van der Waals surface area contributed by atoms with Gasteiger partial charge < -0.3 is 4.74 Å². The van der Waals surface area contributed by atoms with Crippen molar-refractivity contribution in [1.82, 2.24) is 4.31 Å². The number of benzene rings is 1. The van der Waals surface area contributed by atoms with Crippen LogP contribution in [-0.2, 0) is 14.8 Å². The molecule has 118 valence electrons. The maximum atomic E-state index is 12.6. The fourth-order valence-electron chi connectivity index (χ4n) is 2.25. The van der Waals surface area contributed by atoms with Crippen molar-refractivity contribution >= 4 is 31.9 Å². The Morgan fingerprint density at radius 2 is 2.00 bits per heavy atom. The molecular weight excluding hydrogens is 372 g/mol. The molecule has 0 aromatic heterocycles. The molecule has 0 unspecified atom stereocenters. The third kappa shape index (κ3) is 3.66. The van der Waals surface area contributed by atoms with E-state index in [2.05, 4.69) is 15.9 Å². The van der Waals surface area contributed by atoms with Crippen molar-refractivity contribution in [2.24, 2.45) is 0 Å². The summed E-state index contributed by atoms with van der Waals surface area (Å²) in [5.41, 5.74) is 0.0911. The van der Waals surface area contributed by atoms with Crippen LogP contribution in [0.25, 0.3) is 0 Å². The molecule has 0 spiro atoms. The van der Waals surface area contributed by atoms with Gasteiger partial charge in [-0.05, 0) is 47.0 Å². The van der Waals surface area contributed by atoms with Crippen LogP contribution < -0.4 is 0 Å². The number of hydrogen-bond donors (Lipinski definition) is 0. The maximum Gasteiger partial charge on any atom is 0.340 e. The van der Waals surface area contributed by atoms with Crippen LogP contribution in [0.1, 0.15) is 29.6 Å². The van der Waals surface area contributed by atoms with Gasteiger partial charge in [-0.15, -0.1) is 0 Å². The largest absolute Gasteiger partial charge is 0.447 e. The van der Waals surface area contributed by atoms with Crippen molar-refractivity contribution in [2.75, 3.05) is 19.7 Å². The summed E-state index contributed by atoms with van der Waals surface area (Å²) in [6.45, 7) is 0.605. The molecule has 0 radical (unpaired) electrons. The predicted octanol–water partition coefficient (Wildman–Crippen LogP) is 2.30. The third-order valence-electron chi connectivity index (χ3n) is 3.38. The summed E-state index contributed by atoms with van der Waals surface area (Å²) in [6, 6.07) is 5.94. The summed E-state index contributed by atoms with van der Waals surface area (Å²) in [7, 11) is -3.62. The maximum absolute atomic E-state index is 12.6. The third-order valence-corrected chi connectivity index (χ3v) is 5.96. The van der Waals surface area contributed by atoms with Crippen molar-refractivity contribution in [3.05, 3.63) is 28.2 Å². The van der Waals surface area contributed by atoms with Crippen LogP contribution in [-0.4, -0.2) is 38.4 Å². The van der Waals surface area contributed by atoms with Crippen molar-refractivity contribution in [3.8, 4) is 6.07 Å². The van der Waals surface area contributed by atoms with E-state index < -0.39 is 16.0 Å². The lowest BCUT2D eigenvalue weighted by Crippen LogP contribution is -2.35. The Balaban J connectivity index is 2.32. The molecule has 0 amide bonds. The number of carbonyl (C=O) groups excluding carboxylic acids is 1. The van der Waals surface area contributed by atoms with Crippen LogP contribution >= 0.6 is 15.9 Å². The Morgan fingerprint density at radius 3 is 2.64 bits per heavy atom. The Hall–Kier alpha value is -1.43. The van der Waals surface area contributed by atoms with Gasteiger partial charge in [0.1, 0.15) is 6.07 Å². The van der Waals surface area contributed by atoms with Crippen LogP contribution in [0.5, 0.6) is 0 Å². The van der Waals surface area contributed by atoms with E-state index >= 15 is 0 Å². The van der Waals surface area contributed by atoms with Crippen molar-refractivity contribution in [3.63, 3.8) is 0 Å². The van der Waals surface area contributed by atoms with Gasteiger partial charge in [0.05, 0.1) is 10.5 Å². The molecule has 1 saturated heterocycles. The minimum atomic E-state index is -3.62. The smallest absolute Gasteiger partial charge is 0.340 e. The number of piperidine rings is 1. The summed E-state index contributed by atoms with van der Waals surface area (Å²) in [6.07, 6.45) is 2.71. The molecule has 1 aromatic rings. The minimum Gasteiger partial charge on any atom is -0.447 e. The molecule has 0 N–H and O–H groups in total. The van der Waals surface area contributed by atoms with Gasteiger partial charge in [0, 0.05) is 17.6 Å². The Bertz CT molecular complexity index is 706. The van der Waals surface area contributed by atoms with Crippen molar-refractivity contribution in [2.45, 2.75) is 24.2 Å². The fourth-order valence-corrected chi connectivity index (χ4v) is 4.20. The standard InChI is InChI=1S/C14H15BrN2O4S/c15-13-5-4-11(10-12(13)14(18)21-9-6-16)22(19,20)17-7-2-1-3-8-17/h4-5,10H,1-3,7-9H2. The number of rotatable bonds is 4. The van der Waals surface area contributed by atoms with Gasteiger partial charge in [0.15, 0.2) is 6.61 Å². The van der Waals surface area contributed by atoms with Crippen molar-refractivity contribution < 1.29 is 17.9 Å². The molecule has 0 bridgehead atoms. The Labute approximate surface area is 137 Å². The molecular formula is C14H15BrN2O4S. The number of hydrogen-bond acceptors (Lipinski definition) is 5. The van der Waals surface area contributed by atoms with Gasteiger partial charge in [-0.25, -0.2) is 13.2 Å². The second-order valence-electron chi connectivity index (χ2n) is 4.84. The predicted molar refractivity (Wildman–Crippen MR) is 82.6 cm³/mol. The normalized spacial score (nSPS) is 16.0. The van der Waals surface area contributed by atoms with Gasteiger partial charge in [-0.1, -0.05) is 6.42 Å². The van der Waals surface area contributed by atoms with Crippen LogP contribution in [0.15, 0.2) is 27.6 Å². The highest BCUT2D eigenvalue weighted by atomic mass is 79.9. The lowest BCUT2D eigenvalue weighted by Gasteiger charge is -2.26. The molecule has 22 heavy (non-hydrogen) atoms. The van der Waals surface area contributed by atoms with Gasteiger partial charge >= 0.3 is 5.97 Å². The van der Waals surface area contributed by atoms with E-state index in [0.29, 0.717) is 17.6 Å². The SMILES string of the molecule is N#CCOC(=O)c1cc(S(=O)(=O)N2CCCCC2)ccc1Br. The first kappa shape index (κ1) is 16.9. The van der Waals surface area contributed by atoms with E-state index in [1.165, 1.54) is 22.5 Å². The molecule has 8 heteroatoms. The zero-order chi connectivity index (χ0) is 16.2. The average molecular weight is 387 g/mol. The first-order chi connectivity index (χ1) is 10.5. The van der Waals surface area contributed by atoms with Gasteiger partial charge in [0.2, 0.25) is 10.0 Å². The summed E-state index contributed by atoms with van der Waals surface area (Å²) < 4.78 is 31.8. The second-order valence-corrected chi connectivity index (χ2v) is 7.63. The summed E-state index contributed by atoms with van der Waals surface area (Å²) in [5.74, 6) is -0.732. The quantitative estimate of drug-likeness (QED) is 0.740. The molecule has 1 aliphatic heterocycles. The number of nitrogens with zero attached hydrogens (tertiary/aromatic N) is 2. The topological polar surface area (TPSA) is 87.5 Å². The Morgan fingerprint density at radius 1 is 1.32 bits per heavy atom. The molecule has 0 atom stereocenters. The molecule has 6 nitrogen and oxygen atoms in total. The van der Waals surface area contributed by atoms with E-state index in [9.17, 15) is 13.2 Å². The van der Waals surface area contributed by atoms with Crippen molar-refractivity contribution in [1.29, 1.82) is 5.26 Å². The summed E-state index contributed by atoms with van der Waals surface area (Å²) >= 11 is 3.19. The van der Waals surface area contributed by atoms with Crippen LogP contribution in [0.2, 0.25) is 0 Å². The molecule has 2 rings (SSSR count). The summed E-state index contributed by atoms with van der Waals surface area (Å²) in [4.78, 5) is 11.9. The highest BCUT2D eigenvalue weighted by molar-refractivity contribution is 9.10. The molecule has 1 aliphatic rings. The zero-order valence-electron chi connectivity index (χ0n) is 11.8. The van der Waals surface area contributed by atoms with Crippen LogP contribution in [0, 0.1) is 11.3 Å². The van der Waals surface area contributed by atoms with Gasteiger partial charge in [0.25, 0.3) is 0 Å². The van der Waals surface area contributed by atoms with E-state index in [0.717, 1.165) is 19.3 Å². The van der Waals surface area contributed by atoms with E-state index in [1.807, 2.05) is 0 Å². The van der Waals surface area contributed by atoms with Gasteiger partial charge in [-0.2, -0.15) is 9.57 Å². The number of carbonyl (C=O) groups is 1. The highest BCUT2D eigenvalue weighted by Gasteiger charge is 2.27. The molecule has 0 aliphatic carbocycles. The fraction of sp³-hybridized carbons (Fsp3) is 0.429. The number of ether oxygens (including phenoxy) is 1. The first-order valence-electron chi connectivity index (χ1n) is 6.80. The number of sulfonamides is 1. The lowest BCUT2D eigenvalue weighted by molar-refractivity contribution is 0.0553. The number of halogens is 1. The van der Waals surface area contributed by atoms with E-state index in [-0.39, 0.29) is 17.1 Å². The molecule has 1 heterocycles. The number of nitriles is 1. The minimum absolute atomic E-state index is 0.0570. The zero-order valence-corrected chi connectivity index (χ0v) is 14.2. The molecule has 0 saturated carbocycles. The summed E-state index contributed by atoms with van der Waals surface area (Å²) in [5, 5.41) is 8.44. The van der Waals surface area contributed by atoms with Gasteiger partial charge in [-0.3, -0.25) is 0 Å². The molecule has 1 fully saturated rings. The van der Waals surface area contributed by atoms with E-state index in [1.54, 1.807) is 6.07 Å². The Kier molecular flexibility index (Phi) is 5.56. The second kappa shape index (κ2) is 7.22. The highest BCUT2D eigenvalue weighted by Crippen LogP contribution is 2.25. The monoisotopic (exact) mass is 386 g/mol. The number of esters is 1. The van der Waals surface area contributed by atoms with Crippen LogP contribution in [0.3, 0.4) is 0 Å². The van der Waals surface area contributed by atoms with Crippen LogP contribution in [0.4, 0.5) is 0 Å². The first-order valence-corrected chi connectivity index (χ1v) is 9.04. The average Bonchev–Trinajstić information content (AvgIpc) is 2.53. The lowest BCUT2D eigenvalue weighted by atomic mass is 10.2. The van der Waals surface area contributed by atoms with E-state index in [4.69, 9.17) is 10.00 Å².